The highest BCUT2D eigenvalue weighted by Crippen LogP contribution is 2.29. The van der Waals surface area contributed by atoms with E-state index >= 15 is 0 Å². The standard InChI is InChI=1S/C8H15FO2S2/c1-7(6-13(9,10)11)8-3-2-4-12-5-8/h7-8H,2-6H2,1H3. The van der Waals surface area contributed by atoms with Crippen LogP contribution in [-0.4, -0.2) is 25.7 Å². The van der Waals surface area contributed by atoms with Crippen LogP contribution in [0.25, 0.3) is 0 Å². The summed E-state index contributed by atoms with van der Waals surface area (Å²) in [7, 11) is -4.28. The van der Waals surface area contributed by atoms with Crippen LogP contribution < -0.4 is 0 Å². The first kappa shape index (κ1) is 11.3. The molecule has 0 aromatic carbocycles. The molecule has 0 aromatic rings. The highest BCUT2D eigenvalue weighted by Gasteiger charge is 2.24. The van der Waals surface area contributed by atoms with E-state index in [0.717, 1.165) is 24.3 Å². The molecule has 2 unspecified atom stereocenters. The van der Waals surface area contributed by atoms with Gasteiger partial charge in [-0.3, -0.25) is 0 Å². The Morgan fingerprint density at radius 2 is 2.31 bits per heavy atom. The van der Waals surface area contributed by atoms with E-state index in [-0.39, 0.29) is 11.7 Å². The summed E-state index contributed by atoms with van der Waals surface area (Å²) in [5.74, 6) is 2.17. The van der Waals surface area contributed by atoms with Crippen LogP contribution in [0.2, 0.25) is 0 Å². The van der Waals surface area contributed by atoms with Crippen LogP contribution in [0, 0.1) is 11.8 Å². The summed E-state index contributed by atoms with van der Waals surface area (Å²) in [6.07, 6.45) is 2.18. The first-order valence-electron chi connectivity index (χ1n) is 4.49. The van der Waals surface area contributed by atoms with E-state index in [1.165, 1.54) is 0 Å². The third kappa shape index (κ3) is 4.31. The van der Waals surface area contributed by atoms with Gasteiger partial charge in [0.1, 0.15) is 0 Å². The van der Waals surface area contributed by atoms with E-state index in [1.54, 1.807) is 0 Å². The Hall–Kier alpha value is 0.230. The van der Waals surface area contributed by atoms with E-state index in [0.29, 0.717) is 5.92 Å². The van der Waals surface area contributed by atoms with Crippen molar-refractivity contribution in [2.24, 2.45) is 11.8 Å². The van der Waals surface area contributed by atoms with Crippen molar-refractivity contribution in [1.29, 1.82) is 0 Å². The molecule has 13 heavy (non-hydrogen) atoms. The zero-order chi connectivity index (χ0) is 9.90. The van der Waals surface area contributed by atoms with E-state index in [2.05, 4.69) is 0 Å². The molecule has 78 valence electrons. The minimum absolute atomic E-state index is 0.0391. The van der Waals surface area contributed by atoms with Crippen LogP contribution >= 0.6 is 11.8 Å². The summed E-state index contributed by atoms with van der Waals surface area (Å²) in [6.45, 7) is 1.83. The van der Waals surface area contributed by atoms with E-state index in [4.69, 9.17) is 0 Å². The molecule has 1 rings (SSSR count). The lowest BCUT2D eigenvalue weighted by Crippen LogP contribution is -2.23. The molecule has 0 saturated carbocycles. The summed E-state index contributed by atoms with van der Waals surface area (Å²) in [5.41, 5.74) is 0. The summed E-state index contributed by atoms with van der Waals surface area (Å²) in [6, 6.07) is 0. The Kier molecular flexibility index (Phi) is 4.04. The number of hydrogen-bond acceptors (Lipinski definition) is 3. The maximum absolute atomic E-state index is 12.4. The molecule has 1 aliphatic heterocycles. The summed E-state index contributed by atoms with van der Waals surface area (Å²) >= 11 is 1.84. The molecule has 5 heteroatoms. The number of thioether (sulfide) groups is 1. The van der Waals surface area contributed by atoms with Crippen molar-refractivity contribution < 1.29 is 12.3 Å². The lowest BCUT2D eigenvalue weighted by Gasteiger charge is -2.26. The molecule has 0 N–H and O–H groups in total. The molecule has 0 amide bonds. The third-order valence-corrected chi connectivity index (χ3v) is 4.63. The molecule has 2 nitrogen and oxygen atoms in total. The van der Waals surface area contributed by atoms with Crippen LogP contribution in [0.4, 0.5) is 3.89 Å². The maximum atomic E-state index is 12.4. The van der Waals surface area contributed by atoms with Crippen molar-refractivity contribution in [3.05, 3.63) is 0 Å². The largest absolute Gasteiger partial charge is 0.302 e. The Bertz CT molecular complexity index is 245. The highest BCUT2D eigenvalue weighted by molar-refractivity contribution is 7.99. The summed E-state index contributed by atoms with van der Waals surface area (Å²) in [4.78, 5) is 0. The Balaban J connectivity index is 2.42. The van der Waals surface area contributed by atoms with Crippen molar-refractivity contribution >= 4 is 22.0 Å². The van der Waals surface area contributed by atoms with Crippen molar-refractivity contribution in [3.8, 4) is 0 Å². The lowest BCUT2D eigenvalue weighted by molar-refractivity contribution is 0.385. The van der Waals surface area contributed by atoms with Gasteiger partial charge < -0.3 is 0 Å². The number of rotatable bonds is 3. The highest BCUT2D eigenvalue weighted by atomic mass is 32.3. The molecule has 1 heterocycles. The van der Waals surface area contributed by atoms with Crippen LogP contribution in [0.3, 0.4) is 0 Å². The van der Waals surface area contributed by atoms with Gasteiger partial charge in [-0.25, -0.2) is 0 Å². The minimum Gasteiger partial charge on any atom is -0.195 e. The van der Waals surface area contributed by atoms with Gasteiger partial charge >= 0.3 is 10.2 Å². The molecule has 1 aliphatic rings. The first-order chi connectivity index (χ1) is 5.99. The predicted octanol–water partition coefficient (Wildman–Crippen LogP) is 2.06. The van der Waals surface area contributed by atoms with Gasteiger partial charge in [0.2, 0.25) is 0 Å². The lowest BCUT2D eigenvalue weighted by atomic mass is 9.93. The SMILES string of the molecule is CC(CS(=O)(=O)F)C1CCCSC1. The van der Waals surface area contributed by atoms with Gasteiger partial charge in [-0.2, -0.15) is 20.2 Å². The van der Waals surface area contributed by atoms with Crippen LogP contribution in [-0.2, 0) is 10.2 Å². The average Bonchev–Trinajstić information content (AvgIpc) is 2.03. The predicted molar refractivity (Wildman–Crippen MR) is 54.1 cm³/mol. The van der Waals surface area contributed by atoms with Gasteiger partial charge in [0, 0.05) is 0 Å². The second kappa shape index (κ2) is 4.64. The van der Waals surface area contributed by atoms with E-state index < -0.39 is 10.2 Å². The van der Waals surface area contributed by atoms with Crippen LogP contribution in [0.1, 0.15) is 19.8 Å². The Morgan fingerprint density at radius 1 is 1.62 bits per heavy atom. The second-order valence-electron chi connectivity index (χ2n) is 3.66. The summed E-state index contributed by atoms with van der Waals surface area (Å²) < 4.78 is 33.2. The fraction of sp³-hybridized carbons (Fsp3) is 1.00. The zero-order valence-corrected chi connectivity index (χ0v) is 9.33. The van der Waals surface area contributed by atoms with Gasteiger partial charge in [0.25, 0.3) is 0 Å². The molecule has 1 saturated heterocycles. The molecule has 2 atom stereocenters. The van der Waals surface area contributed by atoms with E-state index in [9.17, 15) is 12.3 Å². The van der Waals surface area contributed by atoms with Crippen molar-refractivity contribution in [2.75, 3.05) is 17.3 Å². The fourth-order valence-electron chi connectivity index (χ4n) is 1.66. The molecular formula is C8H15FO2S2. The smallest absolute Gasteiger partial charge is 0.195 e. The van der Waals surface area contributed by atoms with Crippen LogP contribution in [0.5, 0.6) is 0 Å². The minimum atomic E-state index is -4.28. The molecule has 0 spiro atoms. The molecule has 0 aromatic heterocycles. The van der Waals surface area contributed by atoms with Gasteiger partial charge in [-0.1, -0.05) is 6.92 Å². The van der Waals surface area contributed by atoms with Gasteiger partial charge in [0.05, 0.1) is 5.75 Å². The molecule has 1 fully saturated rings. The number of hydrogen-bond donors (Lipinski definition) is 0. The monoisotopic (exact) mass is 226 g/mol. The van der Waals surface area contributed by atoms with Crippen molar-refractivity contribution in [2.45, 2.75) is 19.8 Å². The van der Waals surface area contributed by atoms with Crippen molar-refractivity contribution in [1.82, 2.24) is 0 Å². The Labute approximate surface area is 83.5 Å². The van der Waals surface area contributed by atoms with Gasteiger partial charge in [0.15, 0.2) is 0 Å². The van der Waals surface area contributed by atoms with Crippen molar-refractivity contribution in [3.63, 3.8) is 0 Å². The van der Waals surface area contributed by atoms with Crippen LogP contribution in [0.15, 0.2) is 0 Å². The Morgan fingerprint density at radius 3 is 2.77 bits per heavy atom. The first-order valence-corrected chi connectivity index (χ1v) is 7.20. The molecular weight excluding hydrogens is 211 g/mol. The maximum Gasteiger partial charge on any atom is 0.302 e. The fourth-order valence-corrected chi connectivity index (χ4v) is 3.90. The number of halogens is 1. The van der Waals surface area contributed by atoms with Gasteiger partial charge in [-0.05, 0) is 36.2 Å². The van der Waals surface area contributed by atoms with E-state index in [1.807, 2.05) is 18.7 Å². The summed E-state index contributed by atoms with van der Waals surface area (Å²) in [5, 5.41) is 0. The third-order valence-electron chi connectivity index (χ3n) is 2.46. The zero-order valence-electron chi connectivity index (χ0n) is 7.70. The second-order valence-corrected chi connectivity index (χ2v) is 6.22. The average molecular weight is 226 g/mol. The topological polar surface area (TPSA) is 34.1 Å². The normalized spacial score (nSPS) is 27.1. The molecule has 0 radical (unpaired) electrons. The quantitative estimate of drug-likeness (QED) is 0.691. The molecule has 0 bridgehead atoms. The molecule has 0 aliphatic carbocycles. The van der Waals surface area contributed by atoms with Gasteiger partial charge in [-0.15, -0.1) is 3.89 Å².